The third-order valence-corrected chi connectivity index (χ3v) is 3.78. The van der Waals surface area contributed by atoms with Crippen LogP contribution >= 0.6 is 11.8 Å². The Labute approximate surface area is 130 Å². The first-order valence-electron chi connectivity index (χ1n) is 6.99. The Kier molecular flexibility index (Phi) is 6.68. The van der Waals surface area contributed by atoms with E-state index in [4.69, 9.17) is 0 Å². The standard InChI is InChI=1S/C16H24FNO2S/c1-11(19)8-16(2,3)10-18-15(20)12-5-6-14(17)13(7-12)9-21-4/h5-7,11,19H,8-10H2,1-4H3,(H,18,20). The summed E-state index contributed by atoms with van der Waals surface area (Å²) < 4.78 is 13.6. The molecule has 0 aliphatic heterocycles. The van der Waals surface area contributed by atoms with Crippen LogP contribution in [0.15, 0.2) is 18.2 Å². The Morgan fingerprint density at radius 3 is 2.71 bits per heavy atom. The fraction of sp³-hybridized carbons (Fsp3) is 0.562. The number of amides is 1. The van der Waals surface area contributed by atoms with Gasteiger partial charge >= 0.3 is 0 Å². The summed E-state index contributed by atoms with van der Waals surface area (Å²) in [6.45, 7) is 6.18. The second-order valence-electron chi connectivity index (χ2n) is 6.14. The minimum atomic E-state index is -0.407. The molecule has 0 aliphatic rings. The second-order valence-corrected chi connectivity index (χ2v) is 7.01. The maximum absolute atomic E-state index is 13.6. The van der Waals surface area contributed by atoms with Crippen LogP contribution < -0.4 is 5.32 Å². The van der Waals surface area contributed by atoms with Crippen molar-refractivity contribution in [2.24, 2.45) is 5.41 Å². The van der Waals surface area contributed by atoms with Crippen LogP contribution in [0, 0.1) is 11.2 Å². The minimum Gasteiger partial charge on any atom is -0.393 e. The van der Waals surface area contributed by atoms with Crippen molar-refractivity contribution in [3.8, 4) is 0 Å². The number of hydrogen-bond donors (Lipinski definition) is 2. The first-order chi connectivity index (χ1) is 9.75. The Hall–Kier alpha value is -1.07. The smallest absolute Gasteiger partial charge is 0.251 e. The Bertz CT molecular complexity index is 489. The summed E-state index contributed by atoms with van der Waals surface area (Å²) in [5, 5.41) is 12.3. The van der Waals surface area contributed by atoms with E-state index in [-0.39, 0.29) is 17.1 Å². The van der Waals surface area contributed by atoms with E-state index in [1.807, 2.05) is 20.1 Å². The zero-order chi connectivity index (χ0) is 16.0. The lowest BCUT2D eigenvalue weighted by Crippen LogP contribution is -2.35. The van der Waals surface area contributed by atoms with E-state index in [1.54, 1.807) is 13.0 Å². The number of thioether (sulfide) groups is 1. The first-order valence-corrected chi connectivity index (χ1v) is 8.38. The molecule has 0 fully saturated rings. The highest BCUT2D eigenvalue weighted by Gasteiger charge is 2.21. The lowest BCUT2D eigenvalue weighted by atomic mass is 9.87. The molecule has 21 heavy (non-hydrogen) atoms. The van der Waals surface area contributed by atoms with Crippen molar-refractivity contribution in [1.82, 2.24) is 5.32 Å². The summed E-state index contributed by atoms with van der Waals surface area (Å²) in [5.74, 6) is 0.0480. The van der Waals surface area contributed by atoms with Crippen LogP contribution in [0.25, 0.3) is 0 Å². The molecule has 0 saturated carbocycles. The van der Waals surface area contributed by atoms with Gasteiger partial charge in [-0.1, -0.05) is 13.8 Å². The first kappa shape index (κ1) is 18.0. The van der Waals surface area contributed by atoms with Crippen LogP contribution in [-0.2, 0) is 5.75 Å². The maximum Gasteiger partial charge on any atom is 0.251 e. The maximum atomic E-state index is 13.6. The molecule has 0 aliphatic carbocycles. The number of aliphatic hydroxyl groups is 1. The summed E-state index contributed by atoms with van der Waals surface area (Å²) in [5.41, 5.74) is 0.818. The minimum absolute atomic E-state index is 0.189. The van der Waals surface area contributed by atoms with Crippen LogP contribution in [-0.4, -0.2) is 29.9 Å². The number of aliphatic hydroxyl groups excluding tert-OH is 1. The monoisotopic (exact) mass is 313 g/mol. The summed E-state index contributed by atoms with van der Waals surface area (Å²) in [6, 6.07) is 4.43. The van der Waals surface area contributed by atoms with Crippen LogP contribution in [0.2, 0.25) is 0 Å². The molecule has 2 N–H and O–H groups in total. The topological polar surface area (TPSA) is 49.3 Å². The SMILES string of the molecule is CSCc1cc(C(=O)NCC(C)(C)CC(C)O)ccc1F. The van der Waals surface area contributed by atoms with Gasteiger partial charge in [-0.25, -0.2) is 4.39 Å². The Morgan fingerprint density at radius 1 is 1.48 bits per heavy atom. The molecular weight excluding hydrogens is 289 g/mol. The zero-order valence-electron chi connectivity index (χ0n) is 13.1. The number of carbonyl (C=O) groups is 1. The predicted molar refractivity (Wildman–Crippen MR) is 86.0 cm³/mol. The van der Waals surface area contributed by atoms with Gasteiger partial charge in [0.05, 0.1) is 6.10 Å². The lowest BCUT2D eigenvalue weighted by molar-refractivity contribution is 0.0902. The highest BCUT2D eigenvalue weighted by Crippen LogP contribution is 2.21. The molecule has 1 aromatic carbocycles. The second kappa shape index (κ2) is 7.80. The van der Waals surface area contributed by atoms with Gasteiger partial charge in [0.1, 0.15) is 5.82 Å². The number of carbonyl (C=O) groups excluding carboxylic acids is 1. The highest BCUT2D eigenvalue weighted by atomic mass is 32.2. The van der Waals surface area contributed by atoms with E-state index in [0.29, 0.717) is 29.8 Å². The van der Waals surface area contributed by atoms with Gasteiger partial charge in [0.25, 0.3) is 5.91 Å². The number of nitrogens with one attached hydrogen (secondary N) is 1. The number of hydrogen-bond acceptors (Lipinski definition) is 3. The molecule has 1 aromatic rings. The molecule has 0 heterocycles. The van der Waals surface area contributed by atoms with Gasteiger partial charge in [-0.05, 0) is 48.8 Å². The lowest BCUT2D eigenvalue weighted by Gasteiger charge is -2.26. The van der Waals surface area contributed by atoms with Crippen LogP contribution in [0.5, 0.6) is 0 Å². The van der Waals surface area contributed by atoms with Crippen molar-refractivity contribution >= 4 is 17.7 Å². The van der Waals surface area contributed by atoms with Crippen LogP contribution in [0.1, 0.15) is 43.1 Å². The van der Waals surface area contributed by atoms with E-state index < -0.39 is 6.10 Å². The van der Waals surface area contributed by atoms with E-state index in [9.17, 15) is 14.3 Å². The van der Waals surface area contributed by atoms with E-state index in [0.717, 1.165) is 0 Å². The van der Waals surface area contributed by atoms with Crippen molar-refractivity contribution < 1.29 is 14.3 Å². The summed E-state index contributed by atoms with van der Waals surface area (Å²) in [6.07, 6.45) is 2.09. The molecule has 0 spiro atoms. The molecule has 118 valence electrons. The van der Waals surface area contributed by atoms with Gasteiger partial charge in [-0.15, -0.1) is 0 Å². The quantitative estimate of drug-likeness (QED) is 0.812. The van der Waals surface area contributed by atoms with E-state index in [2.05, 4.69) is 5.32 Å². The Morgan fingerprint density at radius 2 is 2.14 bits per heavy atom. The van der Waals surface area contributed by atoms with Crippen LogP contribution in [0.4, 0.5) is 4.39 Å². The summed E-state index contributed by atoms with van der Waals surface area (Å²) in [7, 11) is 0. The van der Waals surface area contributed by atoms with Gasteiger partial charge < -0.3 is 10.4 Å². The van der Waals surface area contributed by atoms with Gasteiger partial charge in [-0.3, -0.25) is 4.79 Å². The summed E-state index contributed by atoms with van der Waals surface area (Å²) >= 11 is 1.51. The largest absolute Gasteiger partial charge is 0.393 e. The number of halogens is 1. The van der Waals surface area contributed by atoms with Crippen molar-refractivity contribution in [3.05, 3.63) is 35.1 Å². The van der Waals surface area contributed by atoms with Gasteiger partial charge in [0, 0.05) is 17.9 Å². The van der Waals surface area contributed by atoms with E-state index in [1.165, 1.54) is 23.9 Å². The van der Waals surface area contributed by atoms with Crippen molar-refractivity contribution in [2.45, 2.75) is 39.0 Å². The van der Waals surface area contributed by atoms with Crippen LogP contribution in [0.3, 0.4) is 0 Å². The molecule has 1 rings (SSSR count). The third-order valence-electron chi connectivity index (χ3n) is 3.18. The molecule has 0 radical (unpaired) electrons. The predicted octanol–water partition coefficient (Wildman–Crippen LogP) is 3.22. The van der Waals surface area contributed by atoms with Crippen molar-refractivity contribution in [2.75, 3.05) is 12.8 Å². The molecule has 0 aromatic heterocycles. The number of benzene rings is 1. The van der Waals surface area contributed by atoms with Gasteiger partial charge in [-0.2, -0.15) is 11.8 Å². The molecule has 3 nitrogen and oxygen atoms in total. The molecule has 1 atom stereocenters. The molecule has 5 heteroatoms. The molecule has 1 amide bonds. The van der Waals surface area contributed by atoms with Gasteiger partial charge in [0.2, 0.25) is 0 Å². The average molecular weight is 313 g/mol. The third kappa shape index (κ3) is 6.06. The van der Waals surface area contributed by atoms with Crippen molar-refractivity contribution in [1.29, 1.82) is 0 Å². The van der Waals surface area contributed by atoms with Crippen molar-refractivity contribution in [3.63, 3.8) is 0 Å². The zero-order valence-corrected chi connectivity index (χ0v) is 13.9. The molecular formula is C16H24FNO2S. The summed E-state index contributed by atoms with van der Waals surface area (Å²) in [4.78, 5) is 12.1. The normalized spacial score (nSPS) is 13.0. The number of rotatable bonds is 7. The van der Waals surface area contributed by atoms with E-state index >= 15 is 0 Å². The fourth-order valence-electron chi connectivity index (χ4n) is 2.28. The molecule has 0 bridgehead atoms. The average Bonchev–Trinajstić information content (AvgIpc) is 2.37. The Balaban J connectivity index is 2.70. The van der Waals surface area contributed by atoms with Gasteiger partial charge in [0.15, 0.2) is 0 Å². The fourth-order valence-corrected chi connectivity index (χ4v) is 2.81. The molecule has 1 unspecified atom stereocenters. The molecule has 0 saturated heterocycles. The highest BCUT2D eigenvalue weighted by molar-refractivity contribution is 7.97.